The van der Waals surface area contributed by atoms with Crippen LogP contribution in [-0.4, -0.2) is 19.7 Å². The van der Waals surface area contributed by atoms with Gasteiger partial charge >= 0.3 is 0 Å². The molecule has 0 aliphatic carbocycles. The predicted molar refractivity (Wildman–Crippen MR) is 64.8 cm³/mol. The van der Waals surface area contributed by atoms with Crippen molar-refractivity contribution in [3.05, 3.63) is 48.2 Å². The predicted octanol–water partition coefficient (Wildman–Crippen LogP) is 2.41. The van der Waals surface area contributed by atoms with E-state index in [1.165, 1.54) is 0 Å². The van der Waals surface area contributed by atoms with Crippen molar-refractivity contribution in [2.45, 2.75) is 6.92 Å². The molecule has 0 atom stereocenters. The Hall–Kier alpha value is -2.36. The molecule has 0 spiro atoms. The van der Waals surface area contributed by atoms with Crippen LogP contribution in [0.4, 0.5) is 0 Å². The molecule has 0 saturated carbocycles. The van der Waals surface area contributed by atoms with Crippen molar-refractivity contribution in [2.75, 3.05) is 0 Å². The number of phenolic OH excluding ortho intramolecular Hbond substituents is 1. The molecule has 0 bridgehead atoms. The second-order valence-corrected chi connectivity index (χ2v) is 4.00. The summed E-state index contributed by atoms with van der Waals surface area (Å²) in [6.45, 7) is 2.02. The molecule has 3 rings (SSSR count). The molecule has 17 heavy (non-hydrogen) atoms. The van der Waals surface area contributed by atoms with E-state index < -0.39 is 0 Å². The van der Waals surface area contributed by atoms with Gasteiger partial charge in [-0.1, -0.05) is 0 Å². The van der Waals surface area contributed by atoms with Gasteiger partial charge in [-0.15, -0.1) is 10.2 Å². The molecule has 4 heteroatoms. The van der Waals surface area contributed by atoms with Gasteiger partial charge in [-0.25, -0.2) is 0 Å². The highest BCUT2D eigenvalue weighted by atomic mass is 16.3. The summed E-state index contributed by atoms with van der Waals surface area (Å²) < 4.78 is 1.93. The first-order valence-electron chi connectivity index (χ1n) is 5.35. The van der Waals surface area contributed by atoms with Gasteiger partial charge in [-0.05, 0) is 48.9 Å². The molecule has 1 aromatic carbocycles. The normalized spacial score (nSPS) is 10.9. The molecule has 1 N–H and O–H groups in total. The monoisotopic (exact) mass is 225 g/mol. The first-order chi connectivity index (χ1) is 8.24. The van der Waals surface area contributed by atoms with Gasteiger partial charge in [-0.3, -0.25) is 4.40 Å². The highest BCUT2D eigenvalue weighted by Crippen LogP contribution is 2.21. The highest BCUT2D eigenvalue weighted by molar-refractivity contribution is 5.60. The average Bonchev–Trinajstić information content (AvgIpc) is 2.73. The summed E-state index contributed by atoms with van der Waals surface area (Å²) in [4.78, 5) is 0. The van der Waals surface area contributed by atoms with Gasteiger partial charge in [0.2, 0.25) is 0 Å². The first-order valence-corrected chi connectivity index (χ1v) is 5.35. The number of aromatic hydroxyl groups is 1. The van der Waals surface area contributed by atoms with Crippen LogP contribution in [0.25, 0.3) is 17.0 Å². The SMILES string of the molecule is Cc1ccn2c(-c3ccc(O)cc3)nnc2c1. The fraction of sp³-hybridized carbons (Fsp3) is 0.0769. The zero-order chi connectivity index (χ0) is 11.8. The van der Waals surface area contributed by atoms with E-state index in [4.69, 9.17) is 0 Å². The average molecular weight is 225 g/mol. The van der Waals surface area contributed by atoms with Crippen LogP contribution in [0.1, 0.15) is 5.56 Å². The van der Waals surface area contributed by atoms with E-state index in [0.29, 0.717) is 0 Å². The van der Waals surface area contributed by atoms with Gasteiger partial charge in [-0.2, -0.15) is 0 Å². The summed E-state index contributed by atoms with van der Waals surface area (Å²) in [7, 11) is 0. The van der Waals surface area contributed by atoms with Gasteiger partial charge in [0.05, 0.1) is 0 Å². The van der Waals surface area contributed by atoms with Crippen LogP contribution in [-0.2, 0) is 0 Å². The van der Waals surface area contributed by atoms with Crippen LogP contribution in [0.2, 0.25) is 0 Å². The first kappa shape index (κ1) is 9.84. The number of aryl methyl sites for hydroxylation is 1. The summed E-state index contributed by atoms with van der Waals surface area (Å²) in [5.74, 6) is 1.03. The van der Waals surface area contributed by atoms with Gasteiger partial charge in [0.15, 0.2) is 11.5 Å². The van der Waals surface area contributed by atoms with Crippen molar-refractivity contribution in [1.82, 2.24) is 14.6 Å². The van der Waals surface area contributed by atoms with E-state index in [1.807, 2.05) is 41.8 Å². The molecule has 0 saturated heterocycles. The third kappa shape index (κ3) is 1.63. The quantitative estimate of drug-likeness (QED) is 0.691. The lowest BCUT2D eigenvalue weighted by Crippen LogP contribution is -1.89. The molecular formula is C13H11N3O. The van der Waals surface area contributed by atoms with E-state index in [1.54, 1.807) is 12.1 Å². The number of rotatable bonds is 1. The van der Waals surface area contributed by atoms with Crippen molar-refractivity contribution in [3.63, 3.8) is 0 Å². The minimum absolute atomic E-state index is 0.249. The number of phenols is 1. The van der Waals surface area contributed by atoms with E-state index >= 15 is 0 Å². The van der Waals surface area contributed by atoms with Crippen molar-refractivity contribution in [3.8, 4) is 17.1 Å². The Morgan fingerprint density at radius 1 is 1.06 bits per heavy atom. The number of aromatic nitrogens is 3. The summed E-state index contributed by atoms with van der Waals surface area (Å²) in [5.41, 5.74) is 2.91. The Balaban J connectivity index is 2.21. The molecule has 0 radical (unpaired) electrons. The van der Waals surface area contributed by atoms with Crippen LogP contribution in [0.5, 0.6) is 5.75 Å². The van der Waals surface area contributed by atoms with Crippen LogP contribution in [0.3, 0.4) is 0 Å². The summed E-state index contributed by atoms with van der Waals surface area (Å²) in [6, 6.07) is 10.9. The fourth-order valence-electron chi connectivity index (χ4n) is 1.80. The molecular weight excluding hydrogens is 214 g/mol. The van der Waals surface area contributed by atoms with Gasteiger partial charge < -0.3 is 5.11 Å². The third-order valence-corrected chi connectivity index (χ3v) is 2.69. The second kappa shape index (κ2) is 3.59. The Labute approximate surface area is 98.2 Å². The minimum atomic E-state index is 0.249. The molecule has 0 unspecified atom stereocenters. The van der Waals surface area contributed by atoms with Crippen molar-refractivity contribution in [2.24, 2.45) is 0 Å². The van der Waals surface area contributed by atoms with Crippen LogP contribution >= 0.6 is 0 Å². The zero-order valence-electron chi connectivity index (χ0n) is 9.33. The van der Waals surface area contributed by atoms with E-state index in [2.05, 4.69) is 10.2 Å². The Bertz CT molecular complexity index is 671. The molecule has 0 fully saturated rings. The molecule has 84 valence electrons. The third-order valence-electron chi connectivity index (χ3n) is 2.69. The lowest BCUT2D eigenvalue weighted by molar-refractivity contribution is 0.475. The Morgan fingerprint density at radius 3 is 2.59 bits per heavy atom. The van der Waals surface area contributed by atoms with Crippen LogP contribution < -0.4 is 0 Å². The van der Waals surface area contributed by atoms with Gasteiger partial charge in [0.25, 0.3) is 0 Å². The van der Waals surface area contributed by atoms with Crippen molar-refractivity contribution in [1.29, 1.82) is 0 Å². The molecule has 0 amide bonds. The lowest BCUT2D eigenvalue weighted by Gasteiger charge is -2.00. The maximum absolute atomic E-state index is 9.26. The summed E-state index contributed by atoms with van der Waals surface area (Å²) in [6.07, 6.45) is 1.95. The standard InChI is InChI=1S/C13H11N3O/c1-9-6-7-16-12(8-9)14-15-13(16)10-2-4-11(17)5-3-10/h2-8,17H,1H3. The number of hydrogen-bond donors (Lipinski definition) is 1. The van der Waals surface area contributed by atoms with Gasteiger partial charge in [0, 0.05) is 11.8 Å². The highest BCUT2D eigenvalue weighted by Gasteiger charge is 2.07. The number of fused-ring (bicyclic) bond motifs is 1. The lowest BCUT2D eigenvalue weighted by atomic mass is 10.2. The maximum Gasteiger partial charge on any atom is 0.168 e. The molecule has 4 nitrogen and oxygen atoms in total. The molecule has 2 aromatic heterocycles. The smallest absolute Gasteiger partial charge is 0.168 e. The zero-order valence-corrected chi connectivity index (χ0v) is 9.33. The van der Waals surface area contributed by atoms with Crippen LogP contribution in [0, 0.1) is 6.92 Å². The number of nitrogens with zero attached hydrogens (tertiary/aromatic N) is 3. The molecule has 0 aliphatic rings. The topological polar surface area (TPSA) is 50.4 Å². The molecule has 3 aromatic rings. The fourth-order valence-corrected chi connectivity index (χ4v) is 1.80. The van der Waals surface area contributed by atoms with Gasteiger partial charge in [0.1, 0.15) is 5.75 Å². The van der Waals surface area contributed by atoms with E-state index in [0.717, 1.165) is 22.6 Å². The molecule has 0 aliphatic heterocycles. The number of benzene rings is 1. The van der Waals surface area contributed by atoms with Crippen LogP contribution in [0.15, 0.2) is 42.6 Å². The Kier molecular flexibility index (Phi) is 2.08. The van der Waals surface area contributed by atoms with E-state index in [9.17, 15) is 5.11 Å². The summed E-state index contributed by atoms with van der Waals surface area (Å²) >= 11 is 0. The number of pyridine rings is 1. The minimum Gasteiger partial charge on any atom is -0.508 e. The van der Waals surface area contributed by atoms with Crippen molar-refractivity contribution < 1.29 is 5.11 Å². The maximum atomic E-state index is 9.26. The Morgan fingerprint density at radius 2 is 1.82 bits per heavy atom. The van der Waals surface area contributed by atoms with E-state index in [-0.39, 0.29) is 5.75 Å². The number of hydrogen-bond acceptors (Lipinski definition) is 3. The largest absolute Gasteiger partial charge is 0.508 e. The van der Waals surface area contributed by atoms with Crippen molar-refractivity contribution >= 4 is 5.65 Å². The second-order valence-electron chi connectivity index (χ2n) is 4.00. The summed E-state index contributed by atoms with van der Waals surface area (Å²) in [5, 5.41) is 17.6. The molecule has 2 heterocycles.